The highest BCUT2D eigenvalue weighted by Crippen LogP contribution is 2.14. The molecule has 2 aromatic rings. The molecular formula is C8H6N4O. The zero-order valence-electron chi connectivity index (χ0n) is 6.69. The number of nitrogens with zero attached hydrogens (tertiary/aromatic N) is 3. The maximum Gasteiger partial charge on any atom is 0.184 e. The Morgan fingerprint density at radius 3 is 3.23 bits per heavy atom. The van der Waals surface area contributed by atoms with Crippen molar-refractivity contribution in [3.05, 3.63) is 24.4 Å². The van der Waals surface area contributed by atoms with Crippen LogP contribution < -0.4 is 0 Å². The van der Waals surface area contributed by atoms with Gasteiger partial charge in [-0.2, -0.15) is 10.4 Å². The number of aromatic nitrogens is 3. The van der Waals surface area contributed by atoms with Crippen molar-refractivity contribution in [1.29, 1.82) is 5.26 Å². The highest BCUT2D eigenvalue weighted by Gasteiger charge is 2.05. The highest BCUT2D eigenvalue weighted by molar-refractivity contribution is 5.51. The summed E-state index contributed by atoms with van der Waals surface area (Å²) in [5.74, 6) is 1.12. The van der Waals surface area contributed by atoms with Gasteiger partial charge < -0.3 is 4.42 Å². The van der Waals surface area contributed by atoms with Crippen LogP contribution in [0.5, 0.6) is 0 Å². The largest absolute Gasteiger partial charge is 0.472 e. The monoisotopic (exact) mass is 174 g/mol. The maximum atomic E-state index is 8.40. The summed E-state index contributed by atoms with van der Waals surface area (Å²) in [5.41, 5.74) is 0.806. The lowest BCUT2D eigenvalue weighted by Crippen LogP contribution is -1.83. The summed E-state index contributed by atoms with van der Waals surface area (Å²) < 4.78 is 4.88. The van der Waals surface area contributed by atoms with Gasteiger partial charge >= 0.3 is 0 Å². The van der Waals surface area contributed by atoms with Crippen molar-refractivity contribution in [1.82, 2.24) is 15.2 Å². The van der Waals surface area contributed by atoms with Gasteiger partial charge in [0.15, 0.2) is 5.82 Å². The first-order valence-electron chi connectivity index (χ1n) is 3.71. The van der Waals surface area contributed by atoms with E-state index in [0.717, 1.165) is 5.56 Å². The Balaban J connectivity index is 2.29. The quantitative estimate of drug-likeness (QED) is 0.740. The molecule has 0 fully saturated rings. The van der Waals surface area contributed by atoms with Crippen LogP contribution in [0, 0.1) is 11.3 Å². The third-order valence-corrected chi connectivity index (χ3v) is 1.56. The highest BCUT2D eigenvalue weighted by atomic mass is 16.3. The molecule has 0 aliphatic carbocycles. The van der Waals surface area contributed by atoms with Crippen LogP contribution in [0.25, 0.3) is 11.4 Å². The van der Waals surface area contributed by atoms with Crippen LogP contribution >= 0.6 is 0 Å². The smallest absolute Gasteiger partial charge is 0.184 e. The van der Waals surface area contributed by atoms with E-state index >= 15 is 0 Å². The molecule has 2 aromatic heterocycles. The minimum Gasteiger partial charge on any atom is -0.472 e. The van der Waals surface area contributed by atoms with E-state index in [-0.39, 0.29) is 6.42 Å². The van der Waals surface area contributed by atoms with E-state index in [1.807, 2.05) is 6.07 Å². The van der Waals surface area contributed by atoms with Gasteiger partial charge in [0.25, 0.3) is 0 Å². The SMILES string of the molecule is N#CCc1nc(-c2ccoc2)n[nH]1. The van der Waals surface area contributed by atoms with Gasteiger partial charge in [-0.25, -0.2) is 4.98 Å². The van der Waals surface area contributed by atoms with E-state index in [0.29, 0.717) is 11.6 Å². The molecule has 0 aliphatic rings. The van der Waals surface area contributed by atoms with Crippen LogP contribution in [0.4, 0.5) is 0 Å². The van der Waals surface area contributed by atoms with Crippen molar-refractivity contribution in [2.75, 3.05) is 0 Å². The van der Waals surface area contributed by atoms with E-state index in [9.17, 15) is 0 Å². The average molecular weight is 174 g/mol. The Hall–Kier alpha value is -2.09. The Kier molecular flexibility index (Phi) is 1.81. The lowest BCUT2D eigenvalue weighted by atomic mass is 10.3. The van der Waals surface area contributed by atoms with Crippen molar-refractivity contribution >= 4 is 0 Å². The lowest BCUT2D eigenvalue weighted by molar-refractivity contribution is 0.568. The predicted octanol–water partition coefficient (Wildman–Crippen LogP) is 1.13. The molecule has 0 saturated carbocycles. The molecule has 2 rings (SSSR count). The number of hydrogen-bond donors (Lipinski definition) is 1. The Morgan fingerprint density at radius 2 is 2.54 bits per heavy atom. The number of rotatable bonds is 2. The topological polar surface area (TPSA) is 78.5 Å². The Bertz CT molecular complexity index is 423. The summed E-state index contributed by atoms with van der Waals surface area (Å²) in [6.45, 7) is 0. The molecule has 0 aromatic carbocycles. The molecule has 0 spiro atoms. The number of aromatic amines is 1. The molecule has 0 amide bonds. The first-order valence-corrected chi connectivity index (χ1v) is 3.71. The van der Waals surface area contributed by atoms with Crippen molar-refractivity contribution < 1.29 is 4.42 Å². The van der Waals surface area contributed by atoms with Crippen molar-refractivity contribution in [2.24, 2.45) is 0 Å². The molecule has 1 N–H and O–H groups in total. The minimum atomic E-state index is 0.241. The van der Waals surface area contributed by atoms with E-state index in [1.165, 1.54) is 0 Å². The van der Waals surface area contributed by atoms with Gasteiger partial charge in [-0.1, -0.05) is 0 Å². The molecule has 13 heavy (non-hydrogen) atoms. The molecule has 5 nitrogen and oxygen atoms in total. The van der Waals surface area contributed by atoms with Crippen LogP contribution in [-0.4, -0.2) is 15.2 Å². The Labute approximate surface area is 74.0 Å². The van der Waals surface area contributed by atoms with Gasteiger partial charge in [0.1, 0.15) is 12.1 Å². The number of nitriles is 1. The number of hydrogen-bond acceptors (Lipinski definition) is 4. The fraction of sp³-hybridized carbons (Fsp3) is 0.125. The molecule has 0 bridgehead atoms. The van der Waals surface area contributed by atoms with Gasteiger partial charge in [0.05, 0.1) is 24.3 Å². The van der Waals surface area contributed by atoms with Crippen molar-refractivity contribution in [3.63, 3.8) is 0 Å². The normalized spacial score (nSPS) is 9.77. The molecule has 64 valence electrons. The van der Waals surface area contributed by atoms with Crippen LogP contribution in [0.15, 0.2) is 23.0 Å². The molecule has 0 radical (unpaired) electrons. The van der Waals surface area contributed by atoms with Gasteiger partial charge in [-0.05, 0) is 6.07 Å². The van der Waals surface area contributed by atoms with Crippen LogP contribution in [0.2, 0.25) is 0 Å². The summed E-state index contributed by atoms with van der Waals surface area (Å²) in [6.07, 6.45) is 3.35. The van der Waals surface area contributed by atoms with Gasteiger partial charge in [0, 0.05) is 0 Å². The fourth-order valence-corrected chi connectivity index (χ4v) is 0.970. The van der Waals surface area contributed by atoms with Gasteiger partial charge in [-0.15, -0.1) is 0 Å². The summed E-state index contributed by atoms with van der Waals surface area (Å²) in [4.78, 5) is 4.09. The maximum absolute atomic E-state index is 8.40. The second-order valence-electron chi connectivity index (χ2n) is 2.45. The third kappa shape index (κ3) is 1.42. The van der Waals surface area contributed by atoms with Gasteiger partial charge in [0.2, 0.25) is 0 Å². The molecule has 0 saturated heterocycles. The first-order chi connectivity index (χ1) is 6.40. The lowest BCUT2D eigenvalue weighted by Gasteiger charge is -1.82. The number of furan rings is 1. The number of H-pyrrole nitrogens is 1. The van der Waals surface area contributed by atoms with E-state index in [2.05, 4.69) is 15.2 Å². The third-order valence-electron chi connectivity index (χ3n) is 1.56. The molecule has 0 unspecified atom stereocenters. The second kappa shape index (κ2) is 3.11. The van der Waals surface area contributed by atoms with Crippen molar-refractivity contribution in [2.45, 2.75) is 6.42 Å². The van der Waals surface area contributed by atoms with E-state index in [4.69, 9.17) is 9.68 Å². The van der Waals surface area contributed by atoms with Crippen LogP contribution in [0.3, 0.4) is 0 Å². The van der Waals surface area contributed by atoms with Crippen LogP contribution in [-0.2, 0) is 6.42 Å². The Morgan fingerprint density at radius 1 is 1.62 bits per heavy atom. The van der Waals surface area contributed by atoms with E-state index < -0.39 is 0 Å². The first kappa shape index (κ1) is 7.55. The standard InChI is InChI=1S/C8H6N4O/c9-3-1-7-10-8(12-11-7)6-2-4-13-5-6/h2,4-5H,1H2,(H,10,11,12). The number of nitrogens with one attached hydrogen (secondary N) is 1. The molecular weight excluding hydrogens is 168 g/mol. The second-order valence-corrected chi connectivity index (χ2v) is 2.45. The minimum absolute atomic E-state index is 0.241. The summed E-state index contributed by atoms with van der Waals surface area (Å²) in [6, 6.07) is 3.75. The van der Waals surface area contributed by atoms with E-state index in [1.54, 1.807) is 18.6 Å². The zero-order valence-corrected chi connectivity index (χ0v) is 6.69. The average Bonchev–Trinajstić information content (AvgIpc) is 2.70. The van der Waals surface area contributed by atoms with Crippen molar-refractivity contribution in [3.8, 4) is 17.5 Å². The van der Waals surface area contributed by atoms with Gasteiger partial charge in [-0.3, -0.25) is 5.10 Å². The molecule has 0 atom stereocenters. The molecule has 0 aliphatic heterocycles. The summed E-state index contributed by atoms with van der Waals surface area (Å²) in [5, 5.41) is 15.0. The fourth-order valence-electron chi connectivity index (χ4n) is 0.970. The molecule has 2 heterocycles. The summed E-state index contributed by atoms with van der Waals surface area (Å²) in [7, 11) is 0. The molecule has 5 heteroatoms. The zero-order chi connectivity index (χ0) is 9.10. The summed E-state index contributed by atoms with van der Waals surface area (Å²) >= 11 is 0. The predicted molar refractivity (Wildman–Crippen MR) is 43.4 cm³/mol. The van der Waals surface area contributed by atoms with Crippen LogP contribution in [0.1, 0.15) is 5.82 Å².